The molecule has 0 saturated carbocycles. The van der Waals surface area contributed by atoms with Crippen LogP contribution in [-0.4, -0.2) is 67.4 Å². The molecule has 1 aliphatic heterocycles. The van der Waals surface area contributed by atoms with Crippen molar-refractivity contribution >= 4 is 46.0 Å². The molecule has 0 atom stereocenters. The molecule has 0 spiro atoms. The molecule has 3 heterocycles. The zero-order chi connectivity index (χ0) is 25.9. The van der Waals surface area contributed by atoms with Crippen molar-refractivity contribution in [2.45, 2.75) is 38.3 Å². The number of nitrogens with zero attached hydrogens (tertiary/aromatic N) is 6. The summed E-state index contributed by atoms with van der Waals surface area (Å²) < 4.78 is 43.3. The summed E-state index contributed by atoms with van der Waals surface area (Å²) in [7, 11) is 0. The summed E-state index contributed by atoms with van der Waals surface area (Å²) in [6, 6.07) is 9.05. The summed E-state index contributed by atoms with van der Waals surface area (Å²) in [5.41, 5.74) is 1.39. The van der Waals surface area contributed by atoms with Gasteiger partial charge in [-0.05, 0) is 37.6 Å². The fourth-order valence-electron chi connectivity index (χ4n) is 3.97. The Hall–Kier alpha value is -2.15. The molecule has 1 amide bonds. The van der Waals surface area contributed by atoms with Gasteiger partial charge in [0.1, 0.15) is 5.69 Å². The highest BCUT2D eigenvalue weighted by Crippen LogP contribution is 2.33. The zero-order valence-electron chi connectivity index (χ0n) is 20.3. The van der Waals surface area contributed by atoms with Gasteiger partial charge in [-0.25, -0.2) is 9.97 Å². The van der Waals surface area contributed by atoms with Crippen molar-refractivity contribution in [3.63, 3.8) is 0 Å². The first-order valence-electron chi connectivity index (χ1n) is 11.5. The molecule has 37 heavy (non-hydrogen) atoms. The van der Waals surface area contributed by atoms with Crippen molar-refractivity contribution in [1.82, 2.24) is 29.5 Å². The van der Waals surface area contributed by atoms with E-state index in [9.17, 15) is 18.0 Å². The molecular weight excluding hydrogens is 593 g/mol. The Kier molecular flexibility index (Phi) is 10.0. The zero-order valence-corrected chi connectivity index (χ0v) is 23.6. The Morgan fingerprint density at radius 2 is 1.86 bits per heavy atom. The van der Waals surface area contributed by atoms with E-state index in [0.29, 0.717) is 30.9 Å². The van der Waals surface area contributed by atoms with Crippen LogP contribution in [0.5, 0.6) is 0 Å². The Morgan fingerprint density at radius 1 is 1.14 bits per heavy atom. The molecule has 0 bridgehead atoms. The SMILES string of the molecule is CCn1cc(-c2cc(C(F)(F)F)nc(SCC(=O)N3CCN(Cc4cccc(Br)c4)CC3)n2)c(C)n1.Cl. The van der Waals surface area contributed by atoms with Gasteiger partial charge >= 0.3 is 6.18 Å². The first-order valence-corrected chi connectivity index (χ1v) is 13.3. The van der Waals surface area contributed by atoms with Gasteiger partial charge in [0.05, 0.1) is 17.1 Å². The number of piperazine rings is 1. The lowest BCUT2D eigenvalue weighted by atomic mass is 10.1. The van der Waals surface area contributed by atoms with Gasteiger partial charge in [-0.2, -0.15) is 18.3 Å². The molecule has 4 rings (SSSR count). The van der Waals surface area contributed by atoms with Gasteiger partial charge in [-0.15, -0.1) is 12.4 Å². The van der Waals surface area contributed by atoms with E-state index in [-0.39, 0.29) is 34.9 Å². The van der Waals surface area contributed by atoms with Crippen LogP contribution in [0.25, 0.3) is 11.3 Å². The number of carbonyl (C=O) groups is 1. The smallest absolute Gasteiger partial charge is 0.339 e. The van der Waals surface area contributed by atoms with Gasteiger partial charge in [-0.3, -0.25) is 14.4 Å². The van der Waals surface area contributed by atoms with Gasteiger partial charge in [0.2, 0.25) is 5.91 Å². The van der Waals surface area contributed by atoms with E-state index < -0.39 is 11.9 Å². The Bertz CT molecular complexity index is 1230. The fraction of sp³-hybridized carbons (Fsp3) is 0.417. The van der Waals surface area contributed by atoms with Gasteiger partial charge < -0.3 is 4.90 Å². The van der Waals surface area contributed by atoms with Crippen molar-refractivity contribution in [3.8, 4) is 11.3 Å². The number of alkyl halides is 3. The molecule has 1 saturated heterocycles. The normalized spacial score (nSPS) is 14.5. The van der Waals surface area contributed by atoms with Crippen molar-refractivity contribution < 1.29 is 18.0 Å². The highest BCUT2D eigenvalue weighted by Gasteiger charge is 2.34. The maximum atomic E-state index is 13.5. The van der Waals surface area contributed by atoms with Gasteiger partial charge in [0.25, 0.3) is 0 Å². The molecule has 0 radical (unpaired) electrons. The number of thioether (sulfide) groups is 1. The van der Waals surface area contributed by atoms with E-state index in [2.05, 4.69) is 48.0 Å². The molecule has 1 fully saturated rings. The maximum Gasteiger partial charge on any atom is 0.433 e. The fourth-order valence-corrected chi connectivity index (χ4v) is 5.18. The Balaban J connectivity index is 0.00000380. The number of carbonyl (C=O) groups excluding carboxylic acids is 1. The lowest BCUT2D eigenvalue weighted by Crippen LogP contribution is -2.48. The third-order valence-electron chi connectivity index (χ3n) is 5.89. The number of benzene rings is 1. The molecule has 200 valence electrons. The van der Waals surface area contributed by atoms with Crippen molar-refractivity contribution in [3.05, 3.63) is 58.0 Å². The lowest BCUT2D eigenvalue weighted by molar-refractivity contribution is -0.141. The summed E-state index contributed by atoms with van der Waals surface area (Å²) in [6.07, 6.45) is -2.96. The van der Waals surface area contributed by atoms with Gasteiger partial charge in [-0.1, -0.05) is 39.8 Å². The monoisotopic (exact) mass is 618 g/mol. The molecule has 13 heteroatoms. The summed E-state index contributed by atoms with van der Waals surface area (Å²) in [4.78, 5) is 24.8. The molecule has 0 unspecified atom stereocenters. The number of aromatic nitrogens is 4. The summed E-state index contributed by atoms with van der Waals surface area (Å²) in [6.45, 7) is 7.60. The second kappa shape index (κ2) is 12.6. The third kappa shape index (κ3) is 7.68. The second-order valence-corrected chi connectivity index (χ2v) is 10.3. The minimum Gasteiger partial charge on any atom is -0.339 e. The van der Waals surface area contributed by atoms with E-state index in [1.165, 1.54) is 5.56 Å². The molecule has 1 aromatic carbocycles. The molecule has 0 N–H and O–H groups in total. The Labute approximate surface area is 232 Å². The van der Waals surface area contributed by atoms with Crippen LogP contribution in [0.3, 0.4) is 0 Å². The summed E-state index contributed by atoms with van der Waals surface area (Å²) >= 11 is 4.41. The minimum absolute atomic E-state index is 0. The summed E-state index contributed by atoms with van der Waals surface area (Å²) in [5.74, 6) is -0.167. The van der Waals surface area contributed by atoms with Gasteiger partial charge in [0.15, 0.2) is 5.16 Å². The van der Waals surface area contributed by atoms with E-state index >= 15 is 0 Å². The average Bonchev–Trinajstić information content (AvgIpc) is 3.23. The average molecular weight is 620 g/mol. The lowest BCUT2D eigenvalue weighted by Gasteiger charge is -2.34. The van der Waals surface area contributed by atoms with Crippen LogP contribution in [0.4, 0.5) is 13.2 Å². The van der Waals surface area contributed by atoms with Crippen LogP contribution in [0.1, 0.15) is 23.9 Å². The van der Waals surface area contributed by atoms with Crippen LogP contribution in [-0.2, 0) is 24.1 Å². The largest absolute Gasteiger partial charge is 0.433 e. The summed E-state index contributed by atoms with van der Waals surface area (Å²) in [5, 5.41) is 4.22. The van der Waals surface area contributed by atoms with Crippen LogP contribution < -0.4 is 0 Å². The predicted octanol–water partition coefficient (Wildman–Crippen LogP) is 5.31. The standard InChI is InChI=1S/C24H26BrF3N6OS.ClH/c1-3-34-14-19(16(2)31-34)20-12-21(24(26,27)28)30-23(29-20)36-15-22(35)33-9-7-32(8-10-33)13-17-5-4-6-18(25)11-17;/h4-6,11-12,14H,3,7-10,13,15H2,1-2H3;1H. The molecule has 7 nitrogen and oxygen atoms in total. The van der Waals surface area contributed by atoms with Crippen molar-refractivity contribution in [2.75, 3.05) is 31.9 Å². The van der Waals surface area contributed by atoms with E-state index in [1.807, 2.05) is 19.1 Å². The van der Waals surface area contributed by atoms with Crippen molar-refractivity contribution in [2.24, 2.45) is 0 Å². The minimum atomic E-state index is -4.63. The van der Waals surface area contributed by atoms with Gasteiger partial charge in [0, 0.05) is 55.5 Å². The molecule has 3 aromatic rings. The van der Waals surface area contributed by atoms with Crippen LogP contribution in [0.15, 0.2) is 46.2 Å². The van der Waals surface area contributed by atoms with E-state index in [0.717, 1.165) is 41.9 Å². The topological polar surface area (TPSA) is 67.2 Å². The van der Waals surface area contributed by atoms with Crippen LogP contribution in [0.2, 0.25) is 0 Å². The number of hydrogen-bond acceptors (Lipinski definition) is 6. The molecule has 0 aliphatic carbocycles. The van der Waals surface area contributed by atoms with Crippen molar-refractivity contribution in [1.29, 1.82) is 0 Å². The Morgan fingerprint density at radius 3 is 2.49 bits per heavy atom. The quantitative estimate of drug-likeness (QED) is 0.264. The van der Waals surface area contributed by atoms with E-state index in [1.54, 1.807) is 22.7 Å². The number of halogens is 5. The molecule has 2 aromatic heterocycles. The second-order valence-electron chi connectivity index (χ2n) is 8.48. The molecule has 1 aliphatic rings. The first kappa shape index (κ1) is 29.4. The first-order chi connectivity index (χ1) is 17.1. The number of rotatable bonds is 7. The van der Waals surface area contributed by atoms with Crippen LogP contribution in [0, 0.1) is 6.92 Å². The highest BCUT2D eigenvalue weighted by atomic mass is 79.9. The number of hydrogen-bond donors (Lipinski definition) is 0. The third-order valence-corrected chi connectivity index (χ3v) is 7.21. The van der Waals surface area contributed by atoms with Crippen LogP contribution >= 0.6 is 40.1 Å². The highest BCUT2D eigenvalue weighted by molar-refractivity contribution is 9.10. The maximum absolute atomic E-state index is 13.5. The van der Waals surface area contributed by atoms with E-state index in [4.69, 9.17) is 0 Å². The number of aryl methyl sites for hydroxylation is 2. The predicted molar refractivity (Wildman–Crippen MR) is 143 cm³/mol. The molecular formula is C24H27BrClF3N6OS. The number of amides is 1.